The summed E-state index contributed by atoms with van der Waals surface area (Å²) in [6, 6.07) is 13.5. The van der Waals surface area contributed by atoms with Gasteiger partial charge in [-0.25, -0.2) is 0 Å². The average Bonchev–Trinajstić information content (AvgIpc) is 3.15. The van der Waals surface area contributed by atoms with Crippen LogP contribution in [0.2, 0.25) is 0 Å². The number of nitrogens with zero attached hydrogens (tertiary/aromatic N) is 3. The smallest absolute Gasteiger partial charge is 0.191 e. The summed E-state index contributed by atoms with van der Waals surface area (Å²) in [4.78, 5) is 6.87. The summed E-state index contributed by atoms with van der Waals surface area (Å²) >= 11 is 0. The van der Waals surface area contributed by atoms with Crippen LogP contribution in [0.25, 0.3) is 0 Å². The molecule has 1 aromatic heterocycles. The highest BCUT2D eigenvalue weighted by Crippen LogP contribution is 2.19. The predicted octanol–water partition coefficient (Wildman–Crippen LogP) is 3.01. The molecule has 2 N–H and O–H groups in total. The summed E-state index contributed by atoms with van der Waals surface area (Å²) in [5, 5.41) is 10.7. The number of nitrogens with one attached hydrogen (secondary N) is 2. The monoisotopic (exact) mass is 469 g/mol. The van der Waals surface area contributed by atoms with E-state index in [1.165, 1.54) is 5.56 Å². The number of halogens is 1. The Hall–Kier alpha value is -1.61. The second-order valence-corrected chi connectivity index (χ2v) is 6.59. The van der Waals surface area contributed by atoms with Gasteiger partial charge in [0.05, 0.1) is 6.54 Å². The molecule has 1 saturated heterocycles. The molecule has 2 unspecified atom stereocenters. The second-order valence-electron chi connectivity index (χ2n) is 6.59. The van der Waals surface area contributed by atoms with Gasteiger partial charge in [-0.1, -0.05) is 35.5 Å². The van der Waals surface area contributed by atoms with Crippen molar-refractivity contribution in [2.75, 3.05) is 13.6 Å². The van der Waals surface area contributed by atoms with E-state index in [9.17, 15) is 0 Å². The number of rotatable bonds is 5. The molecule has 1 fully saturated rings. The van der Waals surface area contributed by atoms with Crippen LogP contribution in [0.1, 0.15) is 31.0 Å². The van der Waals surface area contributed by atoms with Gasteiger partial charge >= 0.3 is 0 Å². The molecule has 0 amide bonds. The van der Waals surface area contributed by atoms with Crippen LogP contribution in [0.4, 0.5) is 0 Å². The molecule has 0 radical (unpaired) electrons. The molecule has 1 aliphatic heterocycles. The first-order valence-electron chi connectivity index (χ1n) is 8.89. The van der Waals surface area contributed by atoms with Crippen LogP contribution < -0.4 is 10.6 Å². The average molecular weight is 469 g/mol. The summed E-state index contributed by atoms with van der Waals surface area (Å²) in [5.41, 5.74) is 2.25. The molecule has 0 spiro atoms. The fourth-order valence-corrected chi connectivity index (χ4v) is 3.30. The van der Waals surface area contributed by atoms with Crippen molar-refractivity contribution in [1.29, 1.82) is 0 Å². The van der Waals surface area contributed by atoms with Crippen molar-refractivity contribution in [2.45, 2.75) is 44.9 Å². The topological polar surface area (TPSA) is 65.7 Å². The molecule has 2 heterocycles. The van der Waals surface area contributed by atoms with Gasteiger partial charge in [-0.15, -0.1) is 24.0 Å². The summed E-state index contributed by atoms with van der Waals surface area (Å²) in [6.45, 7) is 5.03. The van der Waals surface area contributed by atoms with E-state index in [1.54, 1.807) is 13.3 Å². The number of hydrogen-bond acceptors (Lipinski definition) is 4. The van der Waals surface area contributed by atoms with Gasteiger partial charge in [-0.3, -0.25) is 9.89 Å². The standard InChI is InChI=1S/C19H27N5O.HI/c1-15-12-17(8-10-24(15)14-16-6-4-3-5-7-16)22-19(20-2)21-13-18-9-11-25-23-18;/h3-7,9,11,15,17H,8,10,12-14H2,1-2H3,(H2,20,21,22);1H. The van der Waals surface area contributed by atoms with Crippen LogP contribution in [-0.4, -0.2) is 41.7 Å². The van der Waals surface area contributed by atoms with Crippen molar-refractivity contribution in [3.05, 3.63) is 53.9 Å². The van der Waals surface area contributed by atoms with E-state index in [0.717, 1.165) is 37.6 Å². The molecule has 0 bridgehead atoms. The summed E-state index contributed by atoms with van der Waals surface area (Å²) in [6.07, 6.45) is 3.80. The number of guanidine groups is 1. The maximum absolute atomic E-state index is 4.85. The zero-order chi connectivity index (χ0) is 17.5. The molecule has 1 aliphatic rings. The van der Waals surface area contributed by atoms with E-state index in [-0.39, 0.29) is 24.0 Å². The SMILES string of the molecule is CN=C(NCc1ccon1)NC1CCN(Cc2ccccc2)C(C)C1.I. The van der Waals surface area contributed by atoms with Gasteiger partial charge < -0.3 is 15.2 Å². The fourth-order valence-electron chi connectivity index (χ4n) is 3.30. The van der Waals surface area contributed by atoms with Crippen molar-refractivity contribution in [1.82, 2.24) is 20.7 Å². The lowest BCUT2D eigenvalue weighted by Crippen LogP contribution is -2.51. The largest absolute Gasteiger partial charge is 0.364 e. The number of hydrogen-bond donors (Lipinski definition) is 2. The molecule has 26 heavy (non-hydrogen) atoms. The third-order valence-electron chi connectivity index (χ3n) is 4.73. The van der Waals surface area contributed by atoms with Crippen LogP contribution in [0.15, 0.2) is 52.2 Å². The normalized spacial score (nSPS) is 21.1. The van der Waals surface area contributed by atoms with E-state index >= 15 is 0 Å². The third-order valence-corrected chi connectivity index (χ3v) is 4.73. The Morgan fingerprint density at radius 3 is 2.77 bits per heavy atom. The number of aliphatic imine (C=N–C) groups is 1. The summed E-state index contributed by atoms with van der Waals surface area (Å²) < 4.78 is 4.85. The van der Waals surface area contributed by atoms with Crippen molar-refractivity contribution >= 4 is 29.9 Å². The zero-order valence-electron chi connectivity index (χ0n) is 15.4. The van der Waals surface area contributed by atoms with Crippen LogP contribution >= 0.6 is 24.0 Å². The first-order valence-corrected chi connectivity index (χ1v) is 8.89. The highest BCUT2D eigenvalue weighted by Gasteiger charge is 2.25. The van der Waals surface area contributed by atoms with E-state index < -0.39 is 0 Å². The van der Waals surface area contributed by atoms with E-state index in [4.69, 9.17) is 4.52 Å². The second kappa shape index (κ2) is 10.5. The molecular formula is C19H28IN5O. The van der Waals surface area contributed by atoms with Gasteiger partial charge in [0.15, 0.2) is 5.96 Å². The molecule has 2 atom stereocenters. The number of likely N-dealkylation sites (tertiary alicyclic amines) is 1. The van der Waals surface area contributed by atoms with Crippen molar-refractivity contribution in [3.63, 3.8) is 0 Å². The zero-order valence-corrected chi connectivity index (χ0v) is 17.7. The highest BCUT2D eigenvalue weighted by atomic mass is 127. The molecule has 1 aromatic carbocycles. The molecular weight excluding hydrogens is 441 g/mol. The van der Waals surface area contributed by atoms with Crippen molar-refractivity contribution in [2.24, 2.45) is 4.99 Å². The maximum atomic E-state index is 4.85. The minimum atomic E-state index is 0. The fraction of sp³-hybridized carbons (Fsp3) is 0.474. The Bertz CT molecular complexity index is 662. The van der Waals surface area contributed by atoms with Gasteiger partial charge in [0, 0.05) is 38.3 Å². The molecule has 0 aliphatic carbocycles. The highest BCUT2D eigenvalue weighted by molar-refractivity contribution is 14.0. The lowest BCUT2D eigenvalue weighted by molar-refractivity contribution is 0.134. The van der Waals surface area contributed by atoms with E-state index in [1.807, 2.05) is 6.07 Å². The summed E-state index contributed by atoms with van der Waals surface area (Å²) in [7, 11) is 1.80. The minimum Gasteiger partial charge on any atom is -0.364 e. The first-order chi connectivity index (χ1) is 12.2. The van der Waals surface area contributed by atoms with Crippen molar-refractivity contribution in [3.8, 4) is 0 Å². The Morgan fingerprint density at radius 1 is 1.31 bits per heavy atom. The molecule has 142 valence electrons. The lowest BCUT2D eigenvalue weighted by atomic mass is 9.97. The molecule has 2 aromatic rings. The summed E-state index contributed by atoms with van der Waals surface area (Å²) in [5.74, 6) is 0.816. The van der Waals surface area contributed by atoms with Gasteiger partial charge in [-0.05, 0) is 25.3 Å². The van der Waals surface area contributed by atoms with Gasteiger partial charge in [0.25, 0.3) is 0 Å². The minimum absolute atomic E-state index is 0. The predicted molar refractivity (Wildman–Crippen MR) is 115 cm³/mol. The Balaban J connectivity index is 0.00000243. The quantitative estimate of drug-likeness (QED) is 0.401. The van der Waals surface area contributed by atoms with Gasteiger partial charge in [0.1, 0.15) is 12.0 Å². The van der Waals surface area contributed by atoms with Crippen molar-refractivity contribution < 1.29 is 4.52 Å². The van der Waals surface area contributed by atoms with E-state index in [0.29, 0.717) is 18.6 Å². The lowest BCUT2D eigenvalue weighted by Gasteiger charge is -2.38. The van der Waals surface area contributed by atoms with Crippen LogP contribution in [0, 0.1) is 0 Å². The molecule has 7 heteroatoms. The van der Waals surface area contributed by atoms with Gasteiger partial charge in [0.2, 0.25) is 0 Å². The molecule has 6 nitrogen and oxygen atoms in total. The maximum Gasteiger partial charge on any atom is 0.191 e. The Labute approximate surface area is 172 Å². The number of benzene rings is 1. The molecule has 0 saturated carbocycles. The third kappa shape index (κ3) is 5.98. The van der Waals surface area contributed by atoms with E-state index in [2.05, 4.69) is 62.9 Å². The molecule has 3 rings (SSSR count). The number of piperidine rings is 1. The Kier molecular flexibility index (Phi) is 8.37. The van der Waals surface area contributed by atoms with Crippen LogP contribution in [0.3, 0.4) is 0 Å². The van der Waals surface area contributed by atoms with Crippen LogP contribution in [0.5, 0.6) is 0 Å². The van der Waals surface area contributed by atoms with Crippen LogP contribution in [-0.2, 0) is 13.1 Å². The van der Waals surface area contributed by atoms with Gasteiger partial charge in [-0.2, -0.15) is 0 Å². The first kappa shape index (κ1) is 20.7. The number of aromatic nitrogens is 1. The Morgan fingerprint density at radius 2 is 2.12 bits per heavy atom.